The minimum atomic E-state index is -0.757. The quantitative estimate of drug-likeness (QED) is 0.130. The number of hydrogen-bond acceptors (Lipinski definition) is 5. The minimum Gasteiger partial charge on any atom is -0.507 e. The van der Waals surface area contributed by atoms with E-state index in [2.05, 4.69) is 23.8 Å². The molecule has 9 nitrogen and oxygen atoms in total. The van der Waals surface area contributed by atoms with Crippen molar-refractivity contribution < 1.29 is 28.8 Å². The normalized spacial score (nSPS) is 17.0. The molecule has 200 valence electrons. The number of nitrogens with one attached hydrogen (secondary N) is 2. The predicted octanol–water partition coefficient (Wildman–Crippen LogP) is 4.06. The summed E-state index contributed by atoms with van der Waals surface area (Å²) in [5.41, 5.74) is 3.39. The van der Waals surface area contributed by atoms with Crippen molar-refractivity contribution in [1.29, 1.82) is 0 Å². The number of imidazole rings is 1. The number of rotatable bonds is 9. The van der Waals surface area contributed by atoms with E-state index >= 15 is 0 Å². The molecule has 38 heavy (non-hydrogen) atoms. The molecule has 1 aromatic carbocycles. The molecule has 1 aliphatic rings. The van der Waals surface area contributed by atoms with E-state index in [1.807, 2.05) is 47.6 Å². The SMILES string of the molecule is CCOC(=O)c1[nH]c(C)c(C(O)=C2C(=O)C(=O)N(CCC[n+]3cc[nH]c3)C2c2ccc(C(C)C)cc2)c1C. The molecule has 9 heteroatoms. The lowest BCUT2D eigenvalue weighted by atomic mass is 9.92. The molecule has 1 amide bonds. The van der Waals surface area contributed by atoms with Gasteiger partial charge in [-0.15, -0.1) is 0 Å². The van der Waals surface area contributed by atoms with Gasteiger partial charge in [-0.25, -0.2) is 9.36 Å². The van der Waals surface area contributed by atoms with E-state index in [1.54, 1.807) is 20.8 Å². The number of Topliss-reactive ketones (excluding diaryl/α,β-unsaturated/α-hetero) is 1. The second kappa shape index (κ2) is 11.1. The van der Waals surface area contributed by atoms with Gasteiger partial charge in [-0.2, -0.15) is 0 Å². The Morgan fingerprint density at radius 1 is 1.18 bits per heavy atom. The number of aliphatic hydroxyl groups is 1. The number of carbonyl (C=O) groups excluding carboxylic acids is 3. The maximum absolute atomic E-state index is 13.4. The van der Waals surface area contributed by atoms with E-state index in [9.17, 15) is 19.5 Å². The fraction of sp³-hybridized carbons (Fsp3) is 0.379. The number of nitrogens with zero attached hydrogens (tertiary/aromatic N) is 2. The molecule has 0 spiro atoms. The molecule has 2 aromatic heterocycles. The molecule has 0 saturated carbocycles. The summed E-state index contributed by atoms with van der Waals surface area (Å²) < 4.78 is 7.10. The Morgan fingerprint density at radius 2 is 1.89 bits per heavy atom. The maximum Gasteiger partial charge on any atom is 0.355 e. The average Bonchev–Trinajstić information content (AvgIpc) is 3.57. The van der Waals surface area contributed by atoms with Gasteiger partial charge in [0.2, 0.25) is 6.33 Å². The van der Waals surface area contributed by atoms with Gasteiger partial charge in [0.25, 0.3) is 11.7 Å². The van der Waals surface area contributed by atoms with Crippen molar-refractivity contribution >= 4 is 23.4 Å². The van der Waals surface area contributed by atoms with Crippen molar-refractivity contribution in [3.63, 3.8) is 0 Å². The topological polar surface area (TPSA) is 119 Å². The van der Waals surface area contributed by atoms with E-state index in [0.717, 1.165) is 11.1 Å². The zero-order valence-electron chi connectivity index (χ0n) is 22.5. The van der Waals surface area contributed by atoms with E-state index in [-0.39, 0.29) is 23.6 Å². The van der Waals surface area contributed by atoms with Crippen LogP contribution >= 0.6 is 0 Å². The van der Waals surface area contributed by atoms with E-state index in [0.29, 0.717) is 42.2 Å². The van der Waals surface area contributed by atoms with Crippen LogP contribution in [0.25, 0.3) is 5.76 Å². The van der Waals surface area contributed by atoms with Crippen LogP contribution in [0, 0.1) is 13.8 Å². The van der Waals surface area contributed by atoms with Crippen LogP contribution in [0.15, 0.2) is 48.6 Å². The first kappa shape index (κ1) is 26.9. The Bertz CT molecular complexity index is 1370. The zero-order chi connectivity index (χ0) is 27.6. The van der Waals surface area contributed by atoms with Crippen LogP contribution in [0.2, 0.25) is 0 Å². The van der Waals surface area contributed by atoms with Crippen LogP contribution in [-0.2, 0) is 20.9 Å². The Balaban J connectivity index is 1.79. The second-order valence-corrected chi connectivity index (χ2v) is 9.86. The van der Waals surface area contributed by atoms with Gasteiger partial charge < -0.3 is 19.7 Å². The number of hydrogen-bond donors (Lipinski definition) is 3. The lowest BCUT2D eigenvalue weighted by molar-refractivity contribution is -0.695. The third-order valence-electron chi connectivity index (χ3n) is 7.03. The number of aryl methyl sites for hydroxylation is 2. The van der Waals surface area contributed by atoms with Crippen molar-refractivity contribution in [2.75, 3.05) is 13.2 Å². The lowest BCUT2D eigenvalue weighted by Crippen LogP contribution is -2.36. The zero-order valence-corrected chi connectivity index (χ0v) is 22.5. The molecule has 1 unspecified atom stereocenters. The molecule has 1 atom stereocenters. The van der Waals surface area contributed by atoms with Gasteiger partial charge in [-0.3, -0.25) is 14.6 Å². The van der Waals surface area contributed by atoms with Gasteiger partial charge >= 0.3 is 5.97 Å². The van der Waals surface area contributed by atoms with E-state index in [4.69, 9.17) is 4.74 Å². The summed E-state index contributed by atoms with van der Waals surface area (Å²) >= 11 is 0. The number of esters is 1. The van der Waals surface area contributed by atoms with Crippen molar-refractivity contribution in [2.24, 2.45) is 0 Å². The number of ether oxygens (including phenoxy) is 1. The van der Waals surface area contributed by atoms with Gasteiger partial charge in [0.05, 0.1) is 24.8 Å². The fourth-order valence-electron chi connectivity index (χ4n) is 5.05. The number of likely N-dealkylation sites (tertiary alicyclic amines) is 1. The van der Waals surface area contributed by atoms with Crippen LogP contribution in [-0.4, -0.2) is 50.8 Å². The number of H-pyrrole nitrogens is 2. The number of ketones is 1. The number of amides is 1. The van der Waals surface area contributed by atoms with Crippen LogP contribution < -0.4 is 4.57 Å². The summed E-state index contributed by atoms with van der Waals surface area (Å²) in [7, 11) is 0. The molecule has 1 saturated heterocycles. The molecular weight excluding hydrogens is 484 g/mol. The van der Waals surface area contributed by atoms with Crippen LogP contribution in [0.4, 0.5) is 0 Å². The number of benzene rings is 1. The van der Waals surface area contributed by atoms with Gasteiger partial charge in [0.15, 0.2) is 0 Å². The van der Waals surface area contributed by atoms with Crippen molar-refractivity contribution in [1.82, 2.24) is 14.9 Å². The first-order valence-corrected chi connectivity index (χ1v) is 12.9. The van der Waals surface area contributed by atoms with Crippen LogP contribution in [0.3, 0.4) is 0 Å². The maximum atomic E-state index is 13.4. The Labute approximate surface area is 222 Å². The third kappa shape index (κ3) is 5.01. The van der Waals surface area contributed by atoms with Gasteiger partial charge in [0, 0.05) is 24.2 Å². The predicted molar refractivity (Wildman–Crippen MR) is 141 cm³/mol. The standard InChI is InChI=1S/C29H34N4O5/c1-6-38-29(37)24-18(4)22(19(5)31-24)26(34)23-25(21-10-8-20(9-11-21)17(2)3)33(28(36)27(23)35)14-7-13-32-15-12-30-16-32/h8-12,15-17,25H,6-7,13-14H2,1-5H3,(H2,31,34,35,37)/p+1. The largest absolute Gasteiger partial charge is 0.507 e. The molecule has 3 N–H and O–H groups in total. The summed E-state index contributed by atoms with van der Waals surface area (Å²) in [6.07, 6.45) is 6.16. The van der Waals surface area contributed by atoms with Crippen molar-refractivity contribution in [2.45, 2.75) is 59.5 Å². The first-order valence-electron chi connectivity index (χ1n) is 12.9. The van der Waals surface area contributed by atoms with E-state index < -0.39 is 23.7 Å². The average molecular weight is 520 g/mol. The Kier molecular flexibility index (Phi) is 7.85. The fourth-order valence-corrected chi connectivity index (χ4v) is 5.05. The summed E-state index contributed by atoms with van der Waals surface area (Å²) in [5, 5.41) is 11.6. The highest BCUT2D eigenvalue weighted by molar-refractivity contribution is 6.46. The van der Waals surface area contributed by atoms with E-state index in [1.165, 1.54) is 4.90 Å². The summed E-state index contributed by atoms with van der Waals surface area (Å²) in [6, 6.07) is 7.04. The van der Waals surface area contributed by atoms with Crippen molar-refractivity contribution in [3.05, 3.63) is 82.2 Å². The summed E-state index contributed by atoms with van der Waals surface area (Å²) in [6.45, 7) is 10.5. The highest BCUT2D eigenvalue weighted by Gasteiger charge is 2.46. The monoisotopic (exact) mass is 519 g/mol. The number of aromatic nitrogens is 3. The van der Waals surface area contributed by atoms with Gasteiger partial charge in [0.1, 0.15) is 23.8 Å². The molecule has 3 heterocycles. The minimum absolute atomic E-state index is 0.0159. The molecule has 0 aliphatic carbocycles. The molecule has 1 fully saturated rings. The molecule has 1 aliphatic heterocycles. The molecule has 4 rings (SSSR count). The molecule has 0 radical (unpaired) electrons. The molecular formula is C29H35N4O5+. The lowest BCUT2D eigenvalue weighted by Gasteiger charge is -2.25. The summed E-state index contributed by atoms with van der Waals surface area (Å²) in [4.78, 5) is 46.7. The highest BCUT2D eigenvalue weighted by Crippen LogP contribution is 2.41. The Hall–Kier alpha value is -4.14. The number of aliphatic hydroxyl groups excluding tert-OH is 1. The first-order chi connectivity index (χ1) is 18.1. The van der Waals surface area contributed by atoms with Gasteiger partial charge in [-0.1, -0.05) is 38.1 Å². The smallest absolute Gasteiger partial charge is 0.355 e. The Morgan fingerprint density at radius 3 is 2.50 bits per heavy atom. The number of carbonyl (C=O) groups is 3. The molecule has 0 bridgehead atoms. The highest BCUT2D eigenvalue weighted by atomic mass is 16.5. The van der Waals surface area contributed by atoms with Crippen LogP contribution in [0.5, 0.6) is 0 Å². The second-order valence-electron chi connectivity index (χ2n) is 9.86. The molecule has 3 aromatic rings. The summed E-state index contributed by atoms with van der Waals surface area (Å²) in [5.74, 6) is -1.92. The van der Waals surface area contributed by atoms with Crippen LogP contribution in [0.1, 0.15) is 77.6 Å². The van der Waals surface area contributed by atoms with Gasteiger partial charge in [-0.05, 0) is 43.4 Å². The number of aromatic amines is 2. The van der Waals surface area contributed by atoms with Crippen molar-refractivity contribution in [3.8, 4) is 0 Å². The third-order valence-corrected chi connectivity index (χ3v) is 7.03.